The Hall–Kier alpha value is -0.540. The minimum Gasteiger partial charge on any atom is -0.457 e. The Kier molecular flexibility index (Phi) is 4.10. The van der Waals surface area contributed by atoms with Gasteiger partial charge >= 0.3 is 0 Å². The van der Waals surface area contributed by atoms with Crippen LogP contribution < -0.4 is 0 Å². The minimum atomic E-state index is 0.274. The highest BCUT2D eigenvalue weighted by atomic mass is 79.9. The second-order valence-electron chi connectivity index (χ2n) is 4.25. The fraction of sp³-hybridized carbons (Fsp3) is 0.286. The van der Waals surface area contributed by atoms with Crippen molar-refractivity contribution in [1.29, 1.82) is 0 Å². The van der Waals surface area contributed by atoms with Crippen LogP contribution in [0, 0.1) is 13.8 Å². The van der Waals surface area contributed by atoms with Crippen LogP contribution in [0.25, 0.3) is 0 Å². The highest BCUT2D eigenvalue weighted by Crippen LogP contribution is 2.33. The molecule has 1 atom stereocenters. The number of aryl methyl sites for hydroxylation is 2. The maximum atomic E-state index is 5.26. The number of hydrogen-bond donors (Lipinski definition) is 0. The standard InChI is InChI=1S/C14H14Br2O/c1-9-3-4-10(2)11(7-9)8-13(15)12-5-6-17-14(12)16/h3-7,13H,8H2,1-2H3. The predicted octanol–water partition coefficient (Wildman–Crippen LogP) is 5.34. The molecule has 2 aromatic rings. The maximum absolute atomic E-state index is 5.26. The van der Waals surface area contributed by atoms with Crippen LogP contribution in [-0.4, -0.2) is 0 Å². The molecular formula is C14H14Br2O. The number of rotatable bonds is 3. The summed E-state index contributed by atoms with van der Waals surface area (Å²) in [5, 5.41) is 0. The summed E-state index contributed by atoms with van der Waals surface area (Å²) < 4.78 is 6.07. The molecule has 0 N–H and O–H groups in total. The van der Waals surface area contributed by atoms with Gasteiger partial charge in [-0.3, -0.25) is 0 Å². The van der Waals surface area contributed by atoms with Crippen molar-refractivity contribution in [3.8, 4) is 0 Å². The smallest absolute Gasteiger partial charge is 0.173 e. The van der Waals surface area contributed by atoms with Crippen molar-refractivity contribution in [3.05, 3.63) is 57.5 Å². The van der Waals surface area contributed by atoms with E-state index >= 15 is 0 Å². The molecule has 0 saturated carbocycles. The maximum Gasteiger partial charge on any atom is 0.173 e. The lowest BCUT2D eigenvalue weighted by Gasteiger charge is -2.11. The molecule has 1 aromatic carbocycles. The van der Waals surface area contributed by atoms with Gasteiger partial charge in [0.05, 0.1) is 6.26 Å². The molecule has 1 heterocycles. The van der Waals surface area contributed by atoms with E-state index in [1.807, 2.05) is 6.07 Å². The quantitative estimate of drug-likeness (QED) is 0.676. The number of alkyl halides is 1. The first kappa shape index (κ1) is 12.9. The average Bonchev–Trinajstić information content (AvgIpc) is 2.70. The van der Waals surface area contributed by atoms with Crippen LogP contribution in [0.5, 0.6) is 0 Å². The van der Waals surface area contributed by atoms with Crippen molar-refractivity contribution in [2.75, 3.05) is 0 Å². The van der Waals surface area contributed by atoms with E-state index in [0.717, 1.165) is 16.7 Å². The Balaban J connectivity index is 2.21. The van der Waals surface area contributed by atoms with E-state index in [2.05, 4.69) is 63.9 Å². The third kappa shape index (κ3) is 3.02. The second kappa shape index (κ2) is 5.40. The van der Waals surface area contributed by atoms with E-state index in [-0.39, 0.29) is 4.83 Å². The number of hydrogen-bond acceptors (Lipinski definition) is 1. The molecular weight excluding hydrogens is 344 g/mol. The van der Waals surface area contributed by atoms with Crippen molar-refractivity contribution >= 4 is 31.9 Å². The monoisotopic (exact) mass is 356 g/mol. The molecule has 17 heavy (non-hydrogen) atoms. The lowest BCUT2D eigenvalue weighted by Crippen LogP contribution is -1.97. The SMILES string of the molecule is Cc1ccc(C)c(CC(Br)c2ccoc2Br)c1. The van der Waals surface area contributed by atoms with Gasteiger partial charge in [-0.1, -0.05) is 39.7 Å². The average molecular weight is 358 g/mol. The molecule has 0 aliphatic rings. The number of furan rings is 1. The molecule has 0 amide bonds. The molecule has 0 radical (unpaired) electrons. The zero-order chi connectivity index (χ0) is 12.4. The zero-order valence-corrected chi connectivity index (χ0v) is 13.0. The van der Waals surface area contributed by atoms with Gasteiger partial charge in [-0.2, -0.15) is 0 Å². The van der Waals surface area contributed by atoms with Gasteiger partial charge in [0, 0.05) is 10.4 Å². The van der Waals surface area contributed by atoms with Crippen molar-refractivity contribution in [2.45, 2.75) is 25.1 Å². The van der Waals surface area contributed by atoms with Crippen LogP contribution in [-0.2, 0) is 6.42 Å². The Morgan fingerprint density at radius 2 is 2.00 bits per heavy atom. The zero-order valence-electron chi connectivity index (χ0n) is 9.84. The Morgan fingerprint density at radius 1 is 1.24 bits per heavy atom. The largest absolute Gasteiger partial charge is 0.457 e. The molecule has 0 bridgehead atoms. The van der Waals surface area contributed by atoms with E-state index in [9.17, 15) is 0 Å². The van der Waals surface area contributed by atoms with Gasteiger partial charge in [-0.25, -0.2) is 0 Å². The van der Waals surface area contributed by atoms with Crippen molar-refractivity contribution in [1.82, 2.24) is 0 Å². The number of benzene rings is 1. The molecule has 1 aromatic heterocycles. The first-order valence-corrected chi connectivity index (χ1v) is 7.22. The van der Waals surface area contributed by atoms with Crippen molar-refractivity contribution < 1.29 is 4.42 Å². The summed E-state index contributed by atoms with van der Waals surface area (Å²) in [6.45, 7) is 4.28. The van der Waals surface area contributed by atoms with Gasteiger partial charge in [0.2, 0.25) is 0 Å². The molecule has 90 valence electrons. The van der Waals surface area contributed by atoms with Crippen molar-refractivity contribution in [3.63, 3.8) is 0 Å². The summed E-state index contributed by atoms with van der Waals surface area (Å²) >= 11 is 7.14. The van der Waals surface area contributed by atoms with E-state index in [1.54, 1.807) is 6.26 Å². The fourth-order valence-corrected chi connectivity index (χ4v) is 3.38. The van der Waals surface area contributed by atoms with Gasteiger partial charge < -0.3 is 4.42 Å². The van der Waals surface area contributed by atoms with Crippen molar-refractivity contribution in [2.24, 2.45) is 0 Å². The van der Waals surface area contributed by atoms with Crippen LogP contribution in [0.4, 0.5) is 0 Å². The summed E-state index contributed by atoms with van der Waals surface area (Å²) in [6, 6.07) is 8.57. The first-order chi connectivity index (χ1) is 8.08. The van der Waals surface area contributed by atoms with E-state index in [4.69, 9.17) is 4.42 Å². The summed E-state index contributed by atoms with van der Waals surface area (Å²) in [6.07, 6.45) is 2.67. The number of halogens is 2. The first-order valence-electron chi connectivity index (χ1n) is 5.51. The van der Waals surface area contributed by atoms with Gasteiger partial charge in [0.25, 0.3) is 0 Å². The molecule has 0 saturated heterocycles. The van der Waals surface area contributed by atoms with E-state index in [0.29, 0.717) is 0 Å². The lowest BCUT2D eigenvalue weighted by molar-refractivity contribution is 0.536. The van der Waals surface area contributed by atoms with Gasteiger partial charge in [0.15, 0.2) is 4.67 Å². The summed E-state index contributed by atoms with van der Waals surface area (Å²) in [5.41, 5.74) is 5.17. The summed E-state index contributed by atoms with van der Waals surface area (Å²) in [5.74, 6) is 0. The Labute approximate surface area is 118 Å². The predicted molar refractivity (Wildman–Crippen MR) is 77.7 cm³/mol. The highest BCUT2D eigenvalue weighted by Gasteiger charge is 2.15. The molecule has 0 aliphatic heterocycles. The van der Waals surface area contributed by atoms with Gasteiger partial charge in [-0.15, -0.1) is 0 Å². The van der Waals surface area contributed by atoms with Crippen LogP contribution in [0.15, 0.2) is 39.6 Å². The van der Waals surface area contributed by atoms with E-state index < -0.39 is 0 Å². The molecule has 0 aliphatic carbocycles. The molecule has 2 rings (SSSR count). The molecule has 1 nitrogen and oxygen atoms in total. The fourth-order valence-electron chi connectivity index (χ4n) is 1.85. The molecule has 1 unspecified atom stereocenters. The molecule has 0 spiro atoms. The van der Waals surface area contributed by atoms with Crippen LogP contribution in [0.3, 0.4) is 0 Å². The van der Waals surface area contributed by atoms with Gasteiger partial charge in [0.1, 0.15) is 0 Å². The third-order valence-electron chi connectivity index (χ3n) is 2.89. The molecule has 3 heteroatoms. The van der Waals surface area contributed by atoms with E-state index in [1.165, 1.54) is 16.7 Å². The highest BCUT2D eigenvalue weighted by molar-refractivity contribution is 9.10. The minimum absolute atomic E-state index is 0.274. The molecule has 0 fully saturated rings. The summed E-state index contributed by atoms with van der Waals surface area (Å²) in [7, 11) is 0. The van der Waals surface area contributed by atoms with Crippen LogP contribution in [0.2, 0.25) is 0 Å². The Bertz CT molecular complexity index is 517. The van der Waals surface area contributed by atoms with Gasteiger partial charge in [-0.05, 0) is 53.4 Å². The van der Waals surface area contributed by atoms with Crippen LogP contribution >= 0.6 is 31.9 Å². The lowest BCUT2D eigenvalue weighted by atomic mass is 10.00. The third-order valence-corrected chi connectivity index (χ3v) is 4.35. The normalized spacial score (nSPS) is 12.7. The topological polar surface area (TPSA) is 13.1 Å². The summed E-state index contributed by atoms with van der Waals surface area (Å²) in [4.78, 5) is 0.274. The Morgan fingerprint density at radius 3 is 2.65 bits per heavy atom. The second-order valence-corrected chi connectivity index (χ2v) is 6.08. The van der Waals surface area contributed by atoms with Crippen LogP contribution in [0.1, 0.15) is 27.1 Å².